The topological polar surface area (TPSA) is 32.6 Å². The van der Waals surface area contributed by atoms with Gasteiger partial charge in [0.05, 0.1) is 5.56 Å². The highest BCUT2D eigenvalue weighted by atomic mass is 19.4. The maximum atomic E-state index is 13.8. The number of hydrogen-bond donors (Lipinski definition) is 1. The van der Waals surface area contributed by atoms with Gasteiger partial charge in [0.1, 0.15) is 17.3 Å². The first-order valence-corrected chi connectivity index (χ1v) is 7.24. The molecule has 0 aliphatic rings. The minimum absolute atomic E-state index is 0.0846. The average Bonchev–Trinajstić information content (AvgIpc) is 2.44. The quantitative estimate of drug-likeness (QED) is 0.561. The van der Waals surface area contributed by atoms with Crippen LogP contribution >= 0.6 is 0 Å². The summed E-state index contributed by atoms with van der Waals surface area (Å²) < 4.78 is 52.7. The van der Waals surface area contributed by atoms with Gasteiger partial charge in [0.15, 0.2) is 0 Å². The summed E-state index contributed by atoms with van der Waals surface area (Å²) in [5.41, 5.74) is -1.48. The van der Waals surface area contributed by atoms with Crippen molar-refractivity contribution < 1.29 is 22.7 Å². The van der Waals surface area contributed by atoms with Crippen molar-refractivity contribution in [2.24, 2.45) is 4.99 Å². The van der Waals surface area contributed by atoms with Gasteiger partial charge in [-0.25, -0.2) is 4.39 Å². The molecule has 0 aliphatic heterocycles. The molecule has 2 aromatic carbocycles. The standard InChI is InChI=1S/C18H17F4NO/c1-17(2,3)13-8-4-6-11(16(13)24)10-23-15-12(18(20,21)22)7-5-9-14(15)19/h4-10,24H,1-3H3. The van der Waals surface area contributed by atoms with E-state index in [4.69, 9.17) is 0 Å². The number of nitrogens with zero attached hydrogens (tertiary/aromatic N) is 1. The van der Waals surface area contributed by atoms with Crippen LogP contribution in [0.1, 0.15) is 37.5 Å². The summed E-state index contributed by atoms with van der Waals surface area (Å²) in [6.07, 6.45) is -3.68. The van der Waals surface area contributed by atoms with Gasteiger partial charge in [0.25, 0.3) is 0 Å². The Kier molecular flexibility index (Phi) is 4.69. The van der Waals surface area contributed by atoms with Crippen LogP contribution in [0.4, 0.5) is 23.2 Å². The predicted molar refractivity (Wildman–Crippen MR) is 85.5 cm³/mol. The number of para-hydroxylation sites is 2. The lowest BCUT2D eigenvalue weighted by atomic mass is 9.85. The third kappa shape index (κ3) is 3.75. The van der Waals surface area contributed by atoms with Crippen LogP contribution in [0.5, 0.6) is 5.75 Å². The van der Waals surface area contributed by atoms with E-state index < -0.39 is 23.2 Å². The molecular weight excluding hydrogens is 322 g/mol. The molecule has 24 heavy (non-hydrogen) atoms. The van der Waals surface area contributed by atoms with Crippen molar-refractivity contribution in [3.63, 3.8) is 0 Å². The summed E-state index contributed by atoms with van der Waals surface area (Å²) in [5, 5.41) is 10.3. The first-order chi connectivity index (χ1) is 11.0. The monoisotopic (exact) mass is 339 g/mol. The van der Waals surface area contributed by atoms with E-state index in [1.54, 1.807) is 12.1 Å². The number of hydrogen-bond acceptors (Lipinski definition) is 2. The van der Waals surface area contributed by atoms with Crippen LogP contribution in [0, 0.1) is 5.82 Å². The third-order valence-electron chi connectivity index (χ3n) is 3.50. The predicted octanol–water partition coefficient (Wildman–Crippen LogP) is 5.60. The highest BCUT2D eigenvalue weighted by Crippen LogP contribution is 2.38. The van der Waals surface area contributed by atoms with Crippen molar-refractivity contribution >= 4 is 11.9 Å². The first-order valence-electron chi connectivity index (χ1n) is 7.24. The Morgan fingerprint density at radius 3 is 2.12 bits per heavy atom. The van der Waals surface area contributed by atoms with E-state index in [-0.39, 0.29) is 16.7 Å². The smallest absolute Gasteiger partial charge is 0.418 e. The Morgan fingerprint density at radius 2 is 1.54 bits per heavy atom. The summed E-state index contributed by atoms with van der Waals surface area (Å²) >= 11 is 0. The number of phenols is 1. The summed E-state index contributed by atoms with van der Waals surface area (Å²) in [6.45, 7) is 5.67. The Labute approximate surface area is 137 Å². The molecule has 0 spiro atoms. The van der Waals surface area contributed by atoms with E-state index in [0.29, 0.717) is 5.56 Å². The highest BCUT2D eigenvalue weighted by molar-refractivity contribution is 5.86. The summed E-state index contributed by atoms with van der Waals surface area (Å²) in [5.74, 6) is -1.16. The zero-order chi connectivity index (χ0) is 18.1. The maximum Gasteiger partial charge on any atom is 0.418 e. The number of aliphatic imine (C=N–C) groups is 1. The van der Waals surface area contributed by atoms with Crippen LogP contribution in [-0.4, -0.2) is 11.3 Å². The molecule has 0 unspecified atom stereocenters. The average molecular weight is 339 g/mol. The molecule has 1 N–H and O–H groups in total. The van der Waals surface area contributed by atoms with Crippen LogP contribution in [0.2, 0.25) is 0 Å². The lowest BCUT2D eigenvalue weighted by Gasteiger charge is -2.21. The molecule has 0 bridgehead atoms. The second-order valence-corrected chi connectivity index (χ2v) is 6.39. The van der Waals surface area contributed by atoms with Crippen molar-refractivity contribution in [3.05, 3.63) is 58.9 Å². The van der Waals surface area contributed by atoms with Crippen LogP contribution < -0.4 is 0 Å². The molecule has 0 amide bonds. The largest absolute Gasteiger partial charge is 0.507 e. The van der Waals surface area contributed by atoms with E-state index in [1.807, 2.05) is 20.8 Å². The summed E-state index contributed by atoms with van der Waals surface area (Å²) in [6, 6.07) is 7.54. The number of aromatic hydroxyl groups is 1. The summed E-state index contributed by atoms with van der Waals surface area (Å²) in [4.78, 5) is 3.65. The first kappa shape index (κ1) is 18.0. The second kappa shape index (κ2) is 6.26. The molecule has 0 aromatic heterocycles. The summed E-state index contributed by atoms with van der Waals surface area (Å²) in [7, 11) is 0. The SMILES string of the molecule is CC(C)(C)c1cccc(C=Nc2c(F)cccc2C(F)(F)F)c1O. The molecular formula is C18H17F4NO. The van der Waals surface area contributed by atoms with Crippen molar-refractivity contribution in [1.82, 2.24) is 0 Å². The van der Waals surface area contributed by atoms with E-state index in [9.17, 15) is 22.7 Å². The molecule has 128 valence electrons. The van der Waals surface area contributed by atoms with Crippen LogP contribution in [0.15, 0.2) is 41.4 Å². The number of alkyl halides is 3. The highest BCUT2D eigenvalue weighted by Gasteiger charge is 2.34. The molecule has 0 saturated heterocycles. The second-order valence-electron chi connectivity index (χ2n) is 6.39. The minimum atomic E-state index is -4.72. The van der Waals surface area contributed by atoms with Crippen LogP contribution in [0.3, 0.4) is 0 Å². The Bertz CT molecular complexity index is 774. The molecule has 0 radical (unpaired) electrons. The molecule has 0 heterocycles. The molecule has 2 rings (SSSR count). The number of rotatable bonds is 2. The van der Waals surface area contributed by atoms with Crippen molar-refractivity contribution in [2.75, 3.05) is 0 Å². The number of benzene rings is 2. The maximum absolute atomic E-state index is 13.8. The van der Waals surface area contributed by atoms with Gasteiger partial charge >= 0.3 is 6.18 Å². The van der Waals surface area contributed by atoms with Gasteiger partial charge in [-0.15, -0.1) is 0 Å². The normalized spacial score (nSPS) is 12.8. The minimum Gasteiger partial charge on any atom is -0.507 e. The van der Waals surface area contributed by atoms with Gasteiger partial charge < -0.3 is 5.11 Å². The van der Waals surface area contributed by atoms with Gasteiger partial charge in [-0.3, -0.25) is 4.99 Å². The Balaban J connectivity index is 2.51. The molecule has 0 fully saturated rings. The van der Waals surface area contributed by atoms with E-state index in [2.05, 4.69) is 4.99 Å². The van der Waals surface area contributed by atoms with Crippen LogP contribution in [0.25, 0.3) is 0 Å². The molecule has 0 saturated carbocycles. The van der Waals surface area contributed by atoms with Gasteiger partial charge in [-0.05, 0) is 29.2 Å². The lowest BCUT2D eigenvalue weighted by molar-refractivity contribution is -0.137. The fraction of sp³-hybridized carbons (Fsp3) is 0.278. The molecule has 2 aromatic rings. The zero-order valence-corrected chi connectivity index (χ0v) is 13.4. The molecule has 0 aliphatic carbocycles. The fourth-order valence-corrected chi connectivity index (χ4v) is 2.28. The number of halogens is 4. The van der Waals surface area contributed by atoms with Gasteiger partial charge in [-0.2, -0.15) is 13.2 Å². The fourth-order valence-electron chi connectivity index (χ4n) is 2.28. The Hall–Kier alpha value is -2.37. The van der Waals surface area contributed by atoms with E-state index >= 15 is 0 Å². The lowest BCUT2D eigenvalue weighted by Crippen LogP contribution is -2.11. The van der Waals surface area contributed by atoms with Gasteiger partial charge in [0, 0.05) is 11.8 Å². The van der Waals surface area contributed by atoms with Crippen molar-refractivity contribution in [1.29, 1.82) is 0 Å². The molecule has 6 heteroatoms. The molecule has 2 nitrogen and oxygen atoms in total. The zero-order valence-electron chi connectivity index (χ0n) is 13.4. The van der Waals surface area contributed by atoms with Crippen LogP contribution in [-0.2, 0) is 11.6 Å². The van der Waals surface area contributed by atoms with Gasteiger partial charge in [0.2, 0.25) is 0 Å². The third-order valence-corrected chi connectivity index (χ3v) is 3.50. The number of phenolic OH excluding ortho intramolecular Hbond substituents is 1. The molecule has 0 atom stereocenters. The Morgan fingerprint density at radius 1 is 0.958 bits per heavy atom. The van der Waals surface area contributed by atoms with E-state index in [1.165, 1.54) is 6.07 Å². The van der Waals surface area contributed by atoms with Crippen molar-refractivity contribution in [2.45, 2.75) is 32.4 Å². The van der Waals surface area contributed by atoms with E-state index in [0.717, 1.165) is 24.4 Å². The van der Waals surface area contributed by atoms with Crippen molar-refractivity contribution in [3.8, 4) is 5.75 Å². The van der Waals surface area contributed by atoms with Gasteiger partial charge in [-0.1, -0.05) is 39.0 Å².